The summed E-state index contributed by atoms with van der Waals surface area (Å²) in [6.07, 6.45) is 0. The molecule has 0 aliphatic heterocycles. The number of hydrogen-bond donors (Lipinski definition) is 1. The molecule has 0 aliphatic carbocycles. The van der Waals surface area contributed by atoms with Crippen molar-refractivity contribution in [1.29, 1.82) is 0 Å². The summed E-state index contributed by atoms with van der Waals surface area (Å²) >= 11 is 2.84. The number of thioether (sulfide) groups is 1. The number of ether oxygens (including phenoxy) is 2. The molecule has 0 unspecified atom stereocenters. The van der Waals surface area contributed by atoms with Crippen molar-refractivity contribution in [2.45, 2.75) is 15.0 Å². The van der Waals surface area contributed by atoms with Crippen molar-refractivity contribution < 1.29 is 22.7 Å². The molecule has 1 N–H and O–H groups in total. The number of sulfonamides is 1. The van der Waals surface area contributed by atoms with Crippen LogP contribution in [0.3, 0.4) is 0 Å². The Labute approximate surface area is 223 Å². The van der Waals surface area contributed by atoms with Crippen LogP contribution in [0.5, 0.6) is 11.5 Å². The third kappa shape index (κ3) is 6.21. The van der Waals surface area contributed by atoms with Gasteiger partial charge in [0.05, 0.1) is 24.8 Å². The van der Waals surface area contributed by atoms with Gasteiger partial charge in [-0.3, -0.25) is 14.4 Å². The van der Waals surface area contributed by atoms with Crippen LogP contribution in [0, 0.1) is 0 Å². The molecule has 1 amide bonds. The summed E-state index contributed by atoms with van der Waals surface area (Å²) in [5.74, 6) is 1.12. The first-order valence-electron chi connectivity index (χ1n) is 10.9. The average Bonchev–Trinajstić information content (AvgIpc) is 3.38. The van der Waals surface area contributed by atoms with Gasteiger partial charge in [-0.2, -0.15) is 0 Å². The zero-order chi connectivity index (χ0) is 26.4. The van der Waals surface area contributed by atoms with Gasteiger partial charge in [0.25, 0.3) is 15.9 Å². The lowest BCUT2D eigenvalue weighted by Gasteiger charge is -2.20. The minimum atomic E-state index is -3.88. The number of hydrogen-bond acceptors (Lipinski definition) is 9. The Bertz CT molecular complexity index is 1480. The summed E-state index contributed by atoms with van der Waals surface area (Å²) in [6, 6.07) is 20.6. The molecule has 37 heavy (non-hydrogen) atoms. The Morgan fingerprint density at radius 2 is 1.68 bits per heavy atom. The summed E-state index contributed by atoms with van der Waals surface area (Å²) in [5, 5.41) is 11.3. The number of amides is 1. The predicted molar refractivity (Wildman–Crippen MR) is 145 cm³/mol. The van der Waals surface area contributed by atoms with Crippen LogP contribution in [-0.4, -0.2) is 45.8 Å². The summed E-state index contributed by atoms with van der Waals surface area (Å²) < 4.78 is 38.6. The fourth-order valence-corrected chi connectivity index (χ4v) is 6.22. The van der Waals surface area contributed by atoms with Crippen molar-refractivity contribution in [2.24, 2.45) is 0 Å². The van der Waals surface area contributed by atoms with E-state index < -0.39 is 10.0 Å². The first-order valence-corrected chi connectivity index (χ1v) is 14.2. The van der Waals surface area contributed by atoms with E-state index in [0.29, 0.717) is 27.9 Å². The van der Waals surface area contributed by atoms with Gasteiger partial charge in [0.1, 0.15) is 0 Å². The van der Waals surface area contributed by atoms with E-state index in [1.165, 1.54) is 56.4 Å². The minimum absolute atomic E-state index is 0.0478. The maximum absolute atomic E-state index is 13.1. The second-order valence-corrected chi connectivity index (χ2v) is 11.8. The van der Waals surface area contributed by atoms with Crippen LogP contribution < -0.4 is 19.1 Å². The molecule has 4 rings (SSSR count). The van der Waals surface area contributed by atoms with Crippen LogP contribution in [0.15, 0.2) is 82.0 Å². The number of aromatic nitrogens is 2. The fourth-order valence-electron chi connectivity index (χ4n) is 3.30. The van der Waals surface area contributed by atoms with E-state index in [9.17, 15) is 13.2 Å². The molecule has 0 spiro atoms. The molecule has 4 aromatic rings. The molecule has 0 radical (unpaired) electrons. The van der Waals surface area contributed by atoms with E-state index >= 15 is 0 Å². The second kappa shape index (κ2) is 11.6. The fraction of sp³-hybridized carbons (Fsp3) is 0.160. The van der Waals surface area contributed by atoms with E-state index in [2.05, 4.69) is 15.5 Å². The van der Waals surface area contributed by atoms with Gasteiger partial charge >= 0.3 is 0 Å². The lowest BCUT2D eigenvalue weighted by atomic mass is 10.2. The molecule has 12 heteroatoms. The van der Waals surface area contributed by atoms with E-state index in [1.807, 2.05) is 30.3 Å². The van der Waals surface area contributed by atoms with Crippen LogP contribution in [0.2, 0.25) is 0 Å². The van der Waals surface area contributed by atoms with Crippen molar-refractivity contribution in [1.82, 2.24) is 10.2 Å². The molecule has 9 nitrogen and oxygen atoms in total. The van der Waals surface area contributed by atoms with Crippen molar-refractivity contribution in [3.8, 4) is 11.5 Å². The average molecular weight is 557 g/mol. The maximum Gasteiger partial charge on any atom is 0.264 e. The molecule has 0 aliphatic rings. The number of nitrogens with one attached hydrogen (secondary N) is 1. The number of anilines is 2. The number of carbonyl (C=O) groups is 1. The Morgan fingerprint density at radius 3 is 2.35 bits per heavy atom. The quantitative estimate of drug-likeness (QED) is 0.216. The molecule has 0 fully saturated rings. The van der Waals surface area contributed by atoms with Crippen LogP contribution in [-0.2, 0) is 15.8 Å². The Hall–Kier alpha value is -3.61. The highest BCUT2D eigenvalue weighted by Gasteiger charge is 2.23. The molecule has 3 aromatic carbocycles. The number of nitrogens with zero attached hydrogens (tertiary/aromatic N) is 3. The molecule has 1 aromatic heterocycles. The molecular formula is C25H24N4O5S3. The lowest BCUT2D eigenvalue weighted by Crippen LogP contribution is -2.26. The first-order chi connectivity index (χ1) is 17.8. The predicted octanol–water partition coefficient (Wildman–Crippen LogP) is 4.93. The zero-order valence-electron chi connectivity index (χ0n) is 20.2. The van der Waals surface area contributed by atoms with Crippen molar-refractivity contribution in [3.05, 3.63) is 83.9 Å². The van der Waals surface area contributed by atoms with Crippen LogP contribution in [0.1, 0.15) is 15.9 Å². The number of carbonyl (C=O) groups excluding carboxylic acids is 1. The van der Waals surface area contributed by atoms with Gasteiger partial charge in [-0.15, -0.1) is 10.2 Å². The van der Waals surface area contributed by atoms with Crippen LogP contribution >= 0.6 is 23.1 Å². The third-order valence-corrected chi connectivity index (χ3v) is 9.16. The topological polar surface area (TPSA) is 111 Å². The van der Waals surface area contributed by atoms with Gasteiger partial charge in [0, 0.05) is 24.4 Å². The highest BCUT2D eigenvalue weighted by atomic mass is 32.2. The number of methoxy groups -OCH3 is 2. The van der Waals surface area contributed by atoms with Crippen molar-refractivity contribution >= 4 is 49.8 Å². The second-order valence-electron chi connectivity index (χ2n) is 7.64. The molecule has 1 heterocycles. The Kier molecular flexibility index (Phi) is 8.31. The van der Waals surface area contributed by atoms with E-state index in [-0.39, 0.29) is 10.8 Å². The Morgan fingerprint density at radius 1 is 0.973 bits per heavy atom. The zero-order valence-corrected chi connectivity index (χ0v) is 22.7. The maximum atomic E-state index is 13.1. The minimum Gasteiger partial charge on any atom is -0.493 e. The monoisotopic (exact) mass is 556 g/mol. The smallest absolute Gasteiger partial charge is 0.264 e. The van der Waals surface area contributed by atoms with Crippen molar-refractivity contribution in [3.63, 3.8) is 0 Å². The van der Waals surface area contributed by atoms with Gasteiger partial charge in [0.2, 0.25) is 5.13 Å². The van der Waals surface area contributed by atoms with Crippen LogP contribution in [0.25, 0.3) is 0 Å². The molecule has 0 saturated carbocycles. The largest absolute Gasteiger partial charge is 0.493 e. The number of benzene rings is 3. The molecule has 0 saturated heterocycles. The van der Waals surface area contributed by atoms with E-state index in [0.717, 1.165) is 14.4 Å². The highest BCUT2D eigenvalue weighted by molar-refractivity contribution is 8.00. The standard InChI is InChI=1S/C25H24N4O5S3/c1-29(37(31,32)20-13-14-21(33-2)22(15-20)34-3)19-11-9-18(10-12-19)23(30)26-24-27-28-25(36-24)35-16-17-7-5-4-6-8-17/h4-15H,16H2,1-3H3,(H,26,27,30). The summed E-state index contributed by atoms with van der Waals surface area (Å²) in [7, 11) is 0.481. The molecular weight excluding hydrogens is 532 g/mol. The summed E-state index contributed by atoms with van der Waals surface area (Å²) in [5.41, 5.74) is 1.92. The Balaban J connectivity index is 1.41. The van der Waals surface area contributed by atoms with Gasteiger partial charge in [-0.05, 0) is 42.0 Å². The lowest BCUT2D eigenvalue weighted by molar-refractivity contribution is 0.102. The third-order valence-electron chi connectivity index (χ3n) is 5.34. The number of rotatable bonds is 10. The highest BCUT2D eigenvalue weighted by Crippen LogP contribution is 2.32. The summed E-state index contributed by atoms with van der Waals surface area (Å²) in [6.45, 7) is 0. The van der Waals surface area contributed by atoms with Crippen LogP contribution in [0.4, 0.5) is 10.8 Å². The van der Waals surface area contributed by atoms with Gasteiger partial charge in [0.15, 0.2) is 15.8 Å². The van der Waals surface area contributed by atoms with Crippen molar-refractivity contribution in [2.75, 3.05) is 30.9 Å². The van der Waals surface area contributed by atoms with E-state index in [1.54, 1.807) is 36.0 Å². The first kappa shape index (κ1) is 26.5. The van der Waals surface area contributed by atoms with Gasteiger partial charge in [-0.1, -0.05) is 53.4 Å². The normalized spacial score (nSPS) is 11.1. The summed E-state index contributed by atoms with van der Waals surface area (Å²) in [4.78, 5) is 12.7. The molecule has 0 bridgehead atoms. The molecule has 0 atom stereocenters. The van der Waals surface area contributed by atoms with Gasteiger partial charge in [-0.25, -0.2) is 8.42 Å². The SMILES string of the molecule is COc1ccc(S(=O)(=O)N(C)c2ccc(C(=O)Nc3nnc(SCc4ccccc4)s3)cc2)cc1OC. The van der Waals surface area contributed by atoms with Gasteiger partial charge < -0.3 is 9.47 Å². The molecule has 192 valence electrons. The van der Waals surface area contributed by atoms with E-state index in [4.69, 9.17) is 9.47 Å².